The molecular weight excluding hydrogens is 211 g/mol. The van der Waals surface area contributed by atoms with Crippen LogP contribution in [0, 0.1) is 11.7 Å². The Kier molecular flexibility index (Phi) is 3.65. The number of halogens is 1. The highest BCUT2D eigenvalue weighted by molar-refractivity contribution is 7.99. The first-order valence-corrected chi connectivity index (χ1v) is 6.42. The smallest absolute Gasteiger partial charge is 0.126 e. The predicted molar refractivity (Wildman–Crippen MR) is 61.5 cm³/mol. The fourth-order valence-electron chi connectivity index (χ4n) is 1.91. The van der Waals surface area contributed by atoms with E-state index in [-0.39, 0.29) is 5.82 Å². The van der Waals surface area contributed by atoms with E-state index in [1.165, 1.54) is 6.07 Å². The Morgan fingerprint density at radius 3 is 2.93 bits per heavy atom. The minimum Gasteiger partial charge on any atom is -0.392 e. The number of rotatable bonds is 3. The molecule has 15 heavy (non-hydrogen) atoms. The van der Waals surface area contributed by atoms with Crippen molar-refractivity contribution in [1.29, 1.82) is 0 Å². The van der Waals surface area contributed by atoms with Crippen LogP contribution in [-0.4, -0.2) is 22.7 Å². The molecule has 3 heteroatoms. The second-order valence-corrected chi connectivity index (χ2v) is 5.14. The van der Waals surface area contributed by atoms with Crippen molar-refractivity contribution in [3.63, 3.8) is 0 Å². The van der Waals surface area contributed by atoms with E-state index >= 15 is 0 Å². The molecule has 1 aromatic rings. The predicted octanol–water partition coefficient (Wildman–Crippen LogP) is 2.48. The highest BCUT2D eigenvalue weighted by atomic mass is 32.2. The molecule has 1 heterocycles. The third-order valence-corrected chi connectivity index (χ3v) is 4.08. The van der Waals surface area contributed by atoms with Crippen LogP contribution in [0.25, 0.3) is 0 Å². The molecule has 0 bridgehead atoms. The maximum atomic E-state index is 13.3. The van der Waals surface area contributed by atoms with Crippen LogP contribution in [0.1, 0.15) is 12.0 Å². The summed E-state index contributed by atoms with van der Waals surface area (Å²) in [5.74, 6) is 2.27. The molecule has 1 saturated heterocycles. The molecule has 1 N–H and O–H groups in total. The minimum absolute atomic E-state index is 0.206. The molecule has 2 rings (SSSR count). The summed E-state index contributed by atoms with van der Waals surface area (Å²) in [6, 6.07) is 6.69. The van der Waals surface area contributed by atoms with Gasteiger partial charge in [0.15, 0.2) is 0 Å². The van der Waals surface area contributed by atoms with Crippen molar-refractivity contribution in [3.8, 4) is 0 Å². The van der Waals surface area contributed by atoms with Gasteiger partial charge in [-0.05, 0) is 35.5 Å². The molecule has 0 saturated carbocycles. The quantitative estimate of drug-likeness (QED) is 0.854. The van der Waals surface area contributed by atoms with E-state index in [0.717, 1.165) is 17.9 Å². The van der Waals surface area contributed by atoms with E-state index in [4.69, 9.17) is 0 Å². The lowest BCUT2D eigenvalue weighted by Gasteiger charge is -2.17. The molecule has 1 nitrogen and oxygen atoms in total. The van der Waals surface area contributed by atoms with Gasteiger partial charge in [0, 0.05) is 6.42 Å². The first-order valence-electron chi connectivity index (χ1n) is 5.26. The summed E-state index contributed by atoms with van der Waals surface area (Å²) in [6.45, 7) is 0. The zero-order chi connectivity index (χ0) is 10.7. The Labute approximate surface area is 93.7 Å². The fourth-order valence-corrected chi connectivity index (χ4v) is 3.24. The molecule has 1 aliphatic rings. The van der Waals surface area contributed by atoms with Crippen molar-refractivity contribution in [2.75, 3.05) is 11.5 Å². The summed E-state index contributed by atoms with van der Waals surface area (Å²) in [6.07, 6.45) is 1.11. The van der Waals surface area contributed by atoms with Gasteiger partial charge in [-0.25, -0.2) is 4.39 Å². The Balaban J connectivity index is 1.99. The van der Waals surface area contributed by atoms with Crippen LogP contribution in [0.3, 0.4) is 0 Å². The summed E-state index contributed by atoms with van der Waals surface area (Å²) in [5, 5.41) is 9.95. The Hall–Kier alpha value is -0.540. The molecule has 0 aromatic heterocycles. The standard InChI is InChI=1S/C12H15FOS/c13-11-4-2-1-3-9(11)7-12(14)10-5-6-15-8-10/h1-4,10,12,14H,5-8H2. The molecule has 1 aromatic carbocycles. The number of aliphatic hydroxyl groups excluding tert-OH is 1. The van der Waals surface area contributed by atoms with E-state index in [2.05, 4.69) is 0 Å². The SMILES string of the molecule is OC(Cc1ccccc1F)C1CCSC1. The van der Waals surface area contributed by atoms with Crippen molar-refractivity contribution >= 4 is 11.8 Å². The molecule has 1 fully saturated rings. The van der Waals surface area contributed by atoms with Crippen molar-refractivity contribution in [2.45, 2.75) is 18.9 Å². The highest BCUT2D eigenvalue weighted by Crippen LogP contribution is 2.28. The average molecular weight is 226 g/mol. The van der Waals surface area contributed by atoms with E-state index in [0.29, 0.717) is 17.9 Å². The number of thioether (sulfide) groups is 1. The van der Waals surface area contributed by atoms with E-state index in [1.807, 2.05) is 17.8 Å². The first kappa shape index (κ1) is 11.0. The summed E-state index contributed by atoms with van der Waals surface area (Å²) < 4.78 is 13.3. The minimum atomic E-state index is -0.392. The molecule has 0 radical (unpaired) electrons. The monoisotopic (exact) mass is 226 g/mol. The van der Waals surface area contributed by atoms with Gasteiger partial charge in [-0.15, -0.1) is 0 Å². The molecular formula is C12H15FOS. The Morgan fingerprint density at radius 2 is 2.27 bits per heavy atom. The number of hydrogen-bond donors (Lipinski definition) is 1. The van der Waals surface area contributed by atoms with Gasteiger partial charge in [-0.1, -0.05) is 18.2 Å². The van der Waals surface area contributed by atoms with Gasteiger partial charge in [0.25, 0.3) is 0 Å². The van der Waals surface area contributed by atoms with Crippen LogP contribution >= 0.6 is 11.8 Å². The lowest BCUT2D eigenvalue weighted by Crippen LogP contribution is -2.22. The van der Waals surface area contributed by atoms with Crippen molar-refractivity contribution in [1.82, 2.24) is 0 Å². The van der Waals surface area contributed by atoms with Gasteiger partial charge in [-0.2, -0.15) is 11.8 Å². The zero-order valence-corrected chi connectivity index (χ0v) is 9.34. The van der Waals surface area contributed by atoms with Crippen LogP contribution in [0.15, 0.2) is 24.3 Å². The zero-order valence-electron chi connectivity index (χ0n) is 8.53. The fraction of sp³-hybridized carbons (Fsp3) is 0.500. The summed E-state index contributed by atoms with van der Waals surface area (Å²) in [5.41, 5.74) is 0.627. The van der Waals surface area contributed by atoms with Gasteiger partial charge < -0.3 is 5.11 Å². The number of hydrogen-bond acceptors (Lipinski definition) is 2. The molecule has 0 aliphatic carbocycles. The van der Waals surface area contributed by atoms with Crippen LogP contribution in [0.4, 0.5) is 4.39 Å². The first-order chi connectivity index (χ1) is 7.27. The van der Waals surface area contributed by atoms with E-state index in [9.17, 15) is 9.50 Å². The summed E-state index contributed by atoms with van der Waals surface area (Å²) >= 11 is 1.87. The van der Waals surface area contributed by atoms with Gasteiger partial charge >= 0.3 is 0 Å². The second-order valence-electron chi connectivity index (χ2n) is 3.99. The van der Waals surface area contributed by atoms with Crippen molar-refractivity contribution in [2.24, 2.45) is 5.92 Å². The summed E-state index contributed by atoms with van der Waals surface area (Å²) in [4.78, 5) is 0. The maximum absolute atomic E-state index is 13.3. The molecule has 0 spiro atoms. The van der Waals surface area contributed by atoms with Gasteiger partial charge in [0.1, 0.15) is 5.82 Å². The van der Waals surface area contributed by atoms with Crippen LogP contribution in [-0.2, 0) is 6.42 Å². The number of benzene rings is 1. The summed E-state index contributed by atoms with van der Waals surface area (Å²) in [7, 11) is 0. The molecule has 2 unspecified atom stereocenters. The average Bonchev–Trinajstić information content (AvgIpc) is 2.74. The third-order valence-electron chi connectivity index (χ3n) is 2.90. The largest absolute Gasteiger partial charge is 0.392 e. The van der Waals surface area contributed by atoms with Crippen LogP contribution < -0.4 is 0 Å². The lowest BCUT2D eigenvalue weighted by atomic mass is 9.95. The van der Waals surface area contributed by atoms with Gasteiger partial charge in [0.05, 0.1) is 6.10 Å². The van der Waals surface area contributed by atoms with Crippen molar-refractivity contribution < 1.29 is 9.50 Å². The van der Waals surface area contributed by atoms with Gasteiger partial charge in [-0.3, -0.25) is 0 Å². The Morgan fingerprint density at radius 1 is 1.47 bits per heavy atom. The number of aliphatic hydroxyl groups is 1. The maximum Gasteiger partial charge on any atom is 0.126 e. The highest BCUT2D eigenvalue weighted by Gasteiger charge is 2.24. The molecule has 0 amide bonds. The third kappa shape index (κ3) is 2.73. The lowest BCUT2D eigenvalue weighted by molar-refractivity contribution is 0.119. The normalized spacial score (nSPS) is 22.9. The van der Waals surface area contributed by atoms with Crippen molar-refractivity contribution in [3.05, 3.63) is 35.6 Å². The van der Waals surface area contributed by atoms with Crippen LogP contribution in [0.2, 0.25) is 0 Å². The Bertz CT molecular complexity index is 323. The van der Waals surface area contributed by atoms with Crippen LogP contribution in [0.5, 0.6) is 0 Å². The molecule has 2 atom stereocenters. The van der Waals surface area contributed by atoms with E-state index < -0.39 is 6.10 Å². The second kappa shape index (κ2) is 4.99. The van der Waals surface area contributed by atoms with E-state index in [1.54, 1.807) is 12.1 Å². The molecule has 82 valence electrons. The topological polar surface area (TPSA) is 20.2 Å². The van der Waals surface area contributed by atoms with Gasteiger partial charge in [0.2, 0.25) is 0 Å². The molecule has 1 aliphatic heterocycles.